The predicted molar refractivity (Wildman–Crippen MR) is 69.8 cm³/mol. The molecule has 1 aromatic carbocycles. The molecular formula is C14H17N3O. The molecule has 94 valence electrons. The molecule has 0 spiro atoms. The molecule has 1 unspecified atom stereocenters. The van der Waals surface area contributed by atoms with Crippen molar-refractivity contribution < 1.29 is 5.11 Å². The highest BCUT2D eigenvalue weighted by Gasteiger charge is 2.24. The smallest absolute Gasteiger partial charge is 0.115 e. The minimum Gasteiger partial charge on any atom is -0.394 e. The average Bonchev–Trinajstić information content (AvgIpc) is 2.47. The van der Waals surface area contributed by atoms with Crippen molar-refractivity contribution in [2.45, 2.75) is 19.0 Å². The molecule has 0 radical (unpaired) electrons. The Labute approximate surface area is 107 Å². The third kappa shape index (κ3) is 2.91. The molecular weight excluding hydrogens is 226 g/mol. The monoisotopic (exact) mass is 243 g/mol. The van der Waals surface area contributed by atoms with Gasteiger partial charge in [0.25, 0.3) is 0 Å². The van der Waals surface area contributed by atoms with Crippen LogP contribution in [0.5, 0.6) is 0 Å². The van der Waals surface area contributed by atoms with Crippen molar-refractivity contribution in [2.75, 3.05) is 6.61 Å². The zero-order valence-electron chi connectivity index (χ0n) is 10.4. The fourth-order valence-corrected chi connectivity index (χ4v) is 1.76. The van der Waals surface area contributed by atoms with Crippen molar-refractivity contribution in [2.24, 2.45) is 0 Å². The van der Waals surface area contributed by atoms with E-state index in [1.165, 1.54) is 6.33 Å². The number of nitrogens with one attached hydrogen (secondary N) is 1. The highest BCUT2D eigenvalue weighted by molar-refractivity contribution is 5.23. The van der Waals surface area contributed by atoms with Crippen LogP contribution in [0.15, 0.2) is 48.9 Å². The normalized spacial score (nSPS) is 14.1. The van der Waals surface area contributed by atoms with E-state index in [0.717, 1.165) is 11.3 Å². The topological polar surface area (TPSA) is 58.0 Å². The molecule has 0 aliphatic rings. The summed E-state index contributed by atoms with van der Waals surface area (Å²) in [7, 11) is 0. The molecule has 0 aliphatic carbocycles. The van der Waals surface area contributed by atoms with E-state index in [1.54, 1.807) is 6.20 Å². The van der Waals surface area contributed by atoms with E-state index >= 15 is 0 Å². The molecule has 2 rings (SSSR count). The molecule has 2 aromatic rings. The summed E-state index contributed by atoms with van der Waals surface area (Å²) in [5.74, 6) is 0. The van der Waals surface area contributed by atoms with Gasteiger partial charge in [0.2, 0.25) is 0 Å². The minimum absolute atomic E-state index is 0.0299. The van der Waals surface area contributed by atoms with Gasteiger partial charge in [-0.2, -0.15) is 0 Å². The summed E-state index contributed by atoms with van der Waals surface area (Å²) in [6.45, 7) is 2.60. The first kappa shape index (κ1) is 12.7. The lowest BCUT2D eigenvalue weighted by Gasteiger charge is -2.29. The van der Waals surface area contributed by atoms with Gasteiger partial charge in [-0.3, -0.25) is 0 Å². The maximum atomic E-state index is 9.62. The zero-order chi connectivity index (χ0) is 12.8. The Kier molecular flexibility index (Phi) is 4.02. The predicted octanol–water partition coefficient (Wildman–Crippen LogP) is 1.47. The number of benzene rings is 1. The first-order valence-electron chi connectivity index (χ1n) is 5.91. The highest BCUT2D eigenvalue weighted by atomic mass is 16.3. The average molecular weight is 243 g/mol. The van der Waals surface area contributed by atoms with Crippen LogP contribution in [0, 0.1) is 0 Å². The Balaban J connectivity index is 2.10. The maximum absolute atomic E-state index is 9.62. The Hall–Kier alpha value is -1.78. The molecule has 4 heteroatoms. The van der Waals surface area contributed by atoms with E-state index in [9.17, 15) is 5.11 Å². The van der Waals surface area contributed by atoms with Crippen LogP contribution in [0.1, 0.15) is 18.2 Å². The molecule has 0 amide bonds. The molecule has 1 aromatic heterocycles. The summed E-state index contributed by atoms with van der Waals surface area (Å²) in [5, 5.41) is 13.0. The SMILES string of the molecule is CC(CO)(NCc1ccncn1)c1ccccc1. The summed E-state index contributed by atoms with van der Waals surface area (Å²) < 4.78 is 0. The minimum atomic E-state index is -0.466. The van der Waals surface area contributed by atoms with Crippen LogP contribution in [0.2, 0.25) is 0 Å². The third-order valence-electron chi connectivity index (χ3n) is 3.03. The quantitative estimate of drug-likeness (QED) is 0.835. The van der Waals surface area contributed by atoms with Gasteiger partial charge in [-0.1, -0.05) is 30.3 Å². The van der Waals surface area contributed by atoms with Gasteiger partial charge in [0.15, 0.2) is 0 Å². The summed E-state index contributed by atoms with van der Waals surface area (Å²) in [4.78, 5) is 8.03. The van der Waals surface area contributed by atoms with Crippen molar-refractivity contribution >= 4 is 0 Å². The van der Waals surface area contributed by atoms with E-state index in [0.29, 0.717) is 6.54 Å². The third-order valence-corrected chi connectivity index (χ3v) is 3.03. The first-order valence-corrected chi connectivity index (χ1v) is 5.91. The lowest BCUT2D eigenvalue weighted by molar-refractivity contribution is 0.173. The van der Waals surface area contributed by atoms with Crippen LogP contribution in [-0.4, -0.2) is 21.7 Å². The van der Waals surface area contributed by atoms with Crippen molar-refractivity contribution in [3.8, 4) is 0 Å². The lowest BCUT2D eigenvalue weighted by atomic mass is 9.93. The van der Waals surface area contributed by atoms with Gasteiger partial charge in [-0.05, 0) is 18.6 Å². The second kappa shape index (κ2) is 5.71. The molecule has 0 bridgehead atoms. The molecule has 0 saturated heterocycles. The molecule has 1 atom stereocenters. The van der Waals surface area contributed by atoms with Crippen molar-refractivity contribution in [3.05, 3.63) is 60.2 Å². The van der Waals surface area contributed by atoms with Gasteiger partial charge in [-0.15, -0.1) is 0 Å². The number of hydrogen-bond donors (Lipinski definition) is 2. The molecule has 1 heterocycles. The van der Waals surface area contributed by atoms with Gasteiger partial charge < -0.3 is 10.4 Å². The number of aliphatic hydroxyl groups is 1. The summed E-state index contributed by atoms with van der Waals surface area (Å²) in [6.07, 6.45) is 3.23. The zero-order valence-corrected chi connectivity index (χ0v) is 10.4. The number of aliphatic hydroxyl groups excluding tert-OH is 1. The standard InChI is InChI=1S/C14H17N3O/c1-14(10-18,12-5-3-2-4-6-12)17-9-13-7-8-15-11-16-13/h2-8,11,17-18H,9-10H2,1H3. The molecule has 2 N–H and O–H groups in total. The van der Waals surface area contributed by atoms with Gasteiger partial charge in [0.1, 0.15) is 6.33 Å². The number of aromatic nitrogens is 2. The van der Waals surface area contributed by atoms with Crippen LogP contribution in [0.4, 0.5) is 0 Å². The van der Waals surface area contributed by atoms with Crippen LogP contribution in [0.3, 0.4) is 0 Å². The first-order chi connectivity index (χ1) is 8.74. The van der Waals surface area contributed by atoms with E-state index in [-0.39, 0.29) is 6.61 Å². The van der Waals surface area contributed by atoms with E-state index in [4.69, 9.17) is 0 Å². The highest BCUT2D eigenvalue weighted by Crippen LogP contribution is 2.20. The molecule has 4 nitrogen and oxygen atoms in total. The van der Waals surface area contributed by atoms with E-state index in [2.05, 4.69) is 15.3 Å². The molecule has 0 fully saturated rings. The Morgan fingerprint density at radius 1 is 1.22 bits per heavy atom. The van der Waals surface area contributed by atoms with Gasteiger partial charge in [0.05, 0.1) is 17.8 Å². The number of hydrogen-bond acceptors (Lipinski definition) is 4. The van der Waals surface area contributed by atoms with Crippen LogP contribution in [-0.2, 0) is 12.1 Å². The van der Waals surface area contributed by atoms with Crippen molar-refractivity contribution in [1.29, 1.82) is 0 Å². The van der Waals surface area contributed by atoms with Crippen LogP contribution < -0.4 is 5.32 Å². The van der Waals surface area contributed by atoms with Crippen molar-refractivity contribution in [1.82, 2.24) is 15.3 Å². The van der Waals surface area contributed by atoms with Gasteiger partial charge in [0, 0.05) is 12.7 Å². The lowest BCUT2D eigenvalue weighted by Crippen LogP contribution is -2.42. The summed E-state index contributed by atoms with van der Waals surface area (Å²) in [6, 6.07) is 11.8. The largest absolute Gasteiger partial charge is 0.394 e. The second-order valence-electron chi connectivity index (χ2n) is 4.41. The molecule has 0 aliphatic heterocycles. The van der Waals surface area contributed by atoms with Crippen molar-refractivity contribution in [3.63, 3.8) is 0 Å². The van der Waals surface area contributed by atoms with E-state index < -0.39 is 5.54 Å². The van der Waals surface area contributed by atoms with Crippen LogP contribution >= 0.6 is 0 Å². The fraction of sp³-hybridized carbons (Fsp3) is 0.286. The second-order valence-corrected chi connectivity index (χ2v) is 4.41. The number of nitrogens with zero attached hydrogens (tertiary/aromatic N) is 2. The Bertz CT molecular complexity index is 475. The summed E-state index contributed by atoms with van der Waals surface area (Å²) >= 11 is 0. The molecule has 0 saturated carbocycles. The van der Waals surface area contributed by atoms with Crippen LogP contribution in [0.25, 0.3) is 0 Å². The Morgan fingerprint density at radius 3 is 2.61 bits per heavy atom. The maximum Gasteiger partial charge on any atom is 0.115 e. The fourth-order valence-electron chi connectivity index (χ4n) is 1.76. The van der Waals surface area contributed by atoms with E-state index in [1.807, 2.05) is 43.3 Å². The van der Waals surface area contributed by atoms with Gasteiger partial charge >= 0.3 is 0 Å². The Morgan fingerprint density at radius 2 is 2.00 bits per heavy atom. The van der Waals surface area contributed by atoms with Gasteiger partial charge in [-0.25, -0.2) is 9.97 Å². The molecule has 18 heavy (non-hydrogen) atoms. The summed E-state index contributed by atoms with van der Waals surface area (Å²) in [5.41, 5.74) is 1.49. The number of rotatable bonds is 5.